The Morgan fingerprint density at radius 3 is 2.81 bits per heavy atom. The monoisotopic (exact) mass is 230 g/mol. The molecule has 0 aliphatic carbocycles. The molecule has 0 amide bonds. The summed E-state index contributed by atoms with van der Waals surface area (Å²) in [5.41, 5.74) is 1.75. The van der Waals surface area contributed by atoms with Crippen LogP contribution < -0.4 is 5.32 Å². The Hall–Kier alpha value is -2.12. The lowest BCUT2D eigenvalue weighted by molar-refractivity contribution is 1.25. The molecular weight excluding hydrogens is 224 g/mol. The first-order chi connectivity index (χ1) is 7.79. The minimum Gasteiger partial charge on any atom is -0.352 e. The van der Waals surface area contributed by atoms with Crippen LogP contribution in [0.15, 0.2) is 36.7 Å². The predicted molar refractivity (Wildman–Crippen MR) is 61.5 cm³/mol. The van der Waals surface area contributed by atoms with E-state index >= 15 is 0 Å². The van der Waals surface area contributed by atoms with E-state index in [9.17, 15) is 0 Å². The van der Waals surface area contributed by atoms with Crippen molar-refractivity contribution in [2.24, 2.45) is 0 Å². The van der Waals surface area contributed by atoms with Crippen molar-refractivity contribution in [3.63, 3.8) is 0 Å². The third-order valence-corrected chi connectivity index (χ3v) is 2.14. The van der Waals surface area contributed by atoms with Crippen molar-refractivity contribution >= 4 is 23.0 Å². The van der Waals surface area contributed by atoms with E-state index in [1.807, 2.05) is 6.07 Å². The molecule has 0 saturated heterocycles. The molecule has 5 heteroatoms. The lowest BCUT2D eigenvalue weighted by Gasteiger charge is -2.06. The highest BCUT2D eigenvalue weighted by molar-refractivity contribution is 6.29. The topological polar surface area (TPSA) is 61.6 Å². The van der Waals surface area contributed by atoms with Gasteiger partial charge in [-0.2, -0.15) is 5.26 Å². The zero-order valence-corrected chi connectivity index (χ0v) is 8.94. The van der Waals surface area contributed by atoms with Crippen molar-refractivity contribution in [3.8, 4) is 6.07 Å². The van der Waals surface area contributed by atoms with Crippen LogP contribution in [0.3, 0.4) is 0 Å². The second-order valence-electron chi connectivity index (χ2n) is 3.01. The Morgan fingerprint density at radius 2 is 2.12 bits per heavy atom. The Balaban J connectivity index is 2.27. The van der Waals surface area contributed by atoms with Crippen molar-refractivity contribution in [3.05, 3.63) is 47.5 Å². The zero-order valence-electron chi connectivity index (χ0n) is 8.18. The van der Waals surface area contributed by atoms with E-state index in [4.69, 9.17) is 16.9 Å². The van der Waals surface area contributed by atoms with Crippen LogP contribution in [0.5, 0.6) is 0 Å². The molecule has 0 radical (unpaired) electrons. The molecule has 0 saturated carbocycles. The summed E-state index contributed by atoms with van der Waals surface area (Å²) in [5.74, 6) is 0. The maximum absolute atomic E-state index is 8.85. The van der Waals surface area contributed by atoms with Gasteiger partial charge in [0.05, 0.1) is 17.6 Å². The number of hydrogen-bond acceptors (Lipinski definition) is 4. The molecule has 0 unspecified atom stereocenters. The number of nitrogens with zero attached hydrogens (tertiary/aromatic N) is 3. The summed E-state index contributed by atoms with van der Waals surface area (Å²) in [7, 11) is 0. The van der Waals surface area contributed by atoms with Gasteiger partial charge >= 0.3 is 0 Å². The molecule has 0 bridgehead atoms. The van der Waals surface area contributed by atoms with E-state index in [0.29, 0.717) is 16.5 Å². The van der Waals surface area contributed by atoms with E-state index in [-0.39, 0.29) is 0 Å². The fourth-order valence-corrected chi connectivity index (χ4v) is 1.31. The first-order valence-electron chi connectivity index (χ1n) is 4.53. The van der Waals surface area contributed by atoms with Gasteiger partial charge in [-0.3, -0.25) is 0 Å². The average molecular weight is 231 g/mol. The van der Waals surface area contributed by atoms with E-state index in [2.05, 4.69) is 15.3 Å². The van der Waals surface area contributed by atoms with Gasteiger partial charge < -0.3 is 5.32 Å². The minimum absolute atomic E-state index is 0.345. The van der Waals surface area contributed by atoms with E-state index in [1.54, 1.807) is 36.7 Å². The summed E-state index contributed by atoms with van der Waals surface area (Å²) in [6.07, 6.45) is 3.17. The fourth-order valence-electron chi connectivity index (χ4n) is 1.20. The third-order valence-electron chi connectivity index (χ3n) is 1.92. The van der Waals surface area contributed by atoms with Crippen LogP contribution in [0.1, 0.15) is 5.69 Å². The molecule has 16 heavy (non-hydrogen) atoms. The number of rotatable bonds is 2. The van der Waals surface area contributed by atoms with Crippen molar-refractivity contribution in [2.45, 2.75) is 0 Å². The summed E-state index contributed by atoms with van der Waals surface area (Å²) in [6.45, 7) is 0. The Morgan fingerprint density at radius 1 is 1.25 bits per heavy atom. The molecule has 2 heterocycles. The highest BCUT2D eigenvalue weighted by Crippen LogP contribution is 2.18. The first-order valence-corrected chi connectivity index (χ1v) is 4.91. The van der Waals surface area contributed by atoms with Gasteiger partial charge in [-0.15, -0.1) is 0 Å². The number of nitriles is 1. The number of anilines is 2. The smallest absolute Gasteiger partial charge is 0.163 e. The fraction of sp³-hybridized carbons (Fsp3) is 0. The Labute approximate surface area is 97.5 Å². The molecule has 1 N–H and O–H groups in total. The average Bonchev–Trinajstić information content (AvgIpc) is 2.33. The van der Waals surface area contributed by atoms with Gasteiger partial charge in [-0.25, -0.2) is 9.97 Å². The zero-order chi connectivity index (χ0) is 11.4. The van der Waals surface area contributed by atoms with Gasteiger partial charge in [-0.05, 0) is 24.3 Å². The SMILES string of the molecule is N#Cc1ncccc1Nc1ccc(Cl)nc1. The summed E-state index contributed by atoms with van der Waals surface area (Å²) < 4.78 is 0. The highest BCUT2D eigenvalue weighted by atomic mass is 35.5. The van der Waals surface area contributed by atoms with Crippen LogP contribution in [0.2, 0.25) is 5.15 Å². The van der Waals surface area contributed by atoms with Gasteiger partial charge in [0.1, 0.15) is 11.2 Å². The summed E-state index contributed by atoms with van der Waals surface area (Å²) in [6, 6.07) is 9.00. The van der Waals surface area contributed by atoms with Crippen molar-refractivity contribution < 1.29 is 0 Å². The lowest BCUT2D eigenvalue weighted by Crippen LogP contribution is -1.95. The van der Waals surface area contributed by atoms with Crippen LogP contribution in [0.25, 0.3) is 0 Å². The molecule has 0 fully saturated rings. The second-order valence-corrected chi connectivity index (χ2v) is 3.39. The normalized spacial score (nSPS) is 9.50. The summed E-state index contributed by atoms with van der Waals surface area (Å²) in [5, 5.41) is 12.3. The molecule has 0 aliphatic heterocycles. The second kappa shape index (κ2) is 4.60. The number of pyridine rings is 2. The van der Waals surface area contributed by atoms with Gasteiger partial charge in [0.2, 0.25) is 0 Å². The van der Waals surface area contributed by atoms with Crippen LogP contribution in [-0.2, 0) is 0 Å². The number of hydrogen-bond donors (Lipinski definition) is 1. The molecule has 4 nitrogen and oxygen atoms in total. The summed E-state index contributed by atoms with van der Waals surface area (Å²) in [4.78, 5) is 7.87. The number of halogens is 1. The van der Waals surface area contributed by atoms with E-state index in [0.717, 1.165) is 5.69 Å². The molecule has 2 aromatic heterocycles. The van der Waals surface area contributed by atoms with Crippen molar-refractivity contribution in [1.29, 1.82) is 5.26 Å². The minimum atomic E-state index is 0.345. The number of nitrogens with one attached hydrogen (secondary N) is 1. The van der Waals surface area contributed by atoms with Crippen LogP contribution in [-0.4, -0.2) is 9.97 Å². The first kappa shape index (κ1) is 10.4. The van der Waals surface area contributed by atoms with Gasteiger partial charge in [0.25, 0.3) is 0 Å². The third kappa shape index (κ3) is 2.27. The maximum atomic E-state index is 8.85. The maximum Gasteiger partial charge on any atom is 0.163 e. The molecule has 0 spiro atoms. The highest BCUT2D eigenvalue weighted by Gasteiger charge is 2.02. The van der Waals surface area contributed by atoms with E-state index < -0.39 is 0 Å². The lowest BCUT2D eigenvalue weighted by atomic mass is 10.3. The van der Waals surface area contributed by atoms with Gasteiger partial charge in [-0.1, -0.05) is 11.6 Å². The standard InChI is InChI=1S/C11H7ClN4/c12-11-4-3-8(7-15-11)16-9-2-1-5-14-10(9)6-13/h1-5,7,16H. The van der Waals surface area contributed by atoms with Gasteiger partial charge in [0, 0.05) is 6.20 Å². The molecule has 78 valence electrons. The van der Waals surface area contributed by atoms with Crippen molar-refractivity contribution in [1.82, 2.24) is 9.97 Å². The molecule has 0 aliphatic rings. The molecular formula is C11H7ClN4. The van der Waals surface area contributed by atoms with Crippen molar-refractivity contribution in [2.75, 3.05) is 5.32 Å². The van der Waals surface area contributed by atoms with E-state index in [1.165, 1.54) is 0 Å². The van der Waals surface area contributed by atoms with Crippen LogP contribution in [0.4, 0.5) is 11.4 Å². The predicted octanol–water partition coefficient (Wildman–Crippen LogP) is 2.75. The van der Waals surface area contributed by atoms with Crippen LogP contribution in [0, 0.1) is 11.3 Å². The molecule has 2 aromatic rings. The van der Waals surface area contributed by atoms with Crippen LogP contribution >= 0.6 is 11.6 Å². The largest absolute Gasteiger partial charge is 0.352 e. The molecule has 0 aromatic carbocycles. The van der Waals surface area contributed by atoms with Gasteiger partial charge in [0.15, 0.2) is 5.69 Å². The number of aromatic nitrogens is 2. The Bertz CT molecular complexity index is 530. The molecule has 0 atom stereocenters. The Kier molecular flexibility index (Phi) is 2.99. The molecule has 2 rings (SSSR count). The quantitative estimate of drug-likeness (QED) is 0.806. The summed E-state index contributed by atoms with van der Waals surface area (Å²) >= 11 is 5.67.